The molecular formula is C14H17NO3S3. The standard InChI is InChI=1S/C14H17NO3S3/c16-11(12-2-1-5-19-12)8-10-9-18-4-3-15(10)13(17)14-20-6-7-21-14/h1-2,5,10,14H,3-4,6-9H2/t10-/m0/s1. The molecule has 114 valence electrons. The van der Waals surface area contributed by atoms with Crippen molar-refractivity contribution < 1.29 is 14.3 Å². The number of carbonyl (C=O) groups is 2. The summed E-state index contributed by atoms with van der Waals surface area (Å²) in [6.07, 6.45) is 0.355. The van der Waals surface area contributed by atoms with Crippen molar-refractivity contribution in [2.75, 3.05) is 31.3 Å². The molecule has 0 bridgehead atoms. The van der Waals surface area contributed by atoms with E-state index in [0.29, 0.717) is 26.2 Å². The lowest BCUT2D eigenvalue weighted by Crippen LogP contribution is -2.51. The van der Waals surface area contributed by atoms with E-state index in [-0.39, 0.29) is 22.3 Å². The number of Topliss-reactive ketones (excluding diaryl/α,β-unsaturated/α-hetero) is 1. The number of ether oxygens (including phenoxy) is 1. The second kappa shape index (κ2) is 7.17. The summed E-state index contributed by atoms with van der Waals surface area (Å²) in [7, 11) is 0. The molecular weight excluding hydrogens is 326 g/mol. The van der Waals surface area contributed by atoms with Crippen LogP contribution in [0.25, 0.3) is 0 Å². The number of thiophene rings is 1. The van der Waals surface area contributed by atoms with Crippen molar-refractivity contribution in [1.29, 1.82) is 0 Å². The first-order valence-electron chi connectivity index (χ1n) is 6.94. The highest BCUT2D eigenvalue weighted by atomic mass is 32.2. The van der Waals surface area contributed by atoms with E-state index in [0.717, 1.165) is 16.4 Å². The Balaban J connectivity index is 1.66. The van der Waals surface area contributed by atoms with Gasteiger partial charge in [0.05, 0.1) is 24.1 Å². The van der Waals surface area contributed by atoms with E-state index in [9.17, 15) is 9.59 Å². The molecule has 1 aromatic heterocycles. The third kappa shape index (κ3) is 3.64. The van der Waals surface area contributed by atoms with Crippen LogP contribution in [-0.4, -0.2) is 58.5 Å². The molecule has 2 aliphatic rings. The Hall–Kier alpha value is -0.500. The van der Waals surface area contributed by atoms with Gasteiger partial charge in [0.1, 0.15) is 4.58 Å². The first-order valence-corrected chi connectivity index (χ1v) is 9.91. The summed E-state index contributed by atoms with van der Waals surface area (Å²) in [5.41, 5.74) is 0. The van der Waals surface area contributed by atoms with Crippen LogP contribution in [0, 0.1) is 0 Å². The Labute approximate surface area is 136 Å². The maximum absolute atomic E-state index is 12.6. The van der Waals surface area contributed by atoms with Crippen LogP contribution in [0.1, 0.15) is 16.1 Å². The molecule has 7 heteroatoms. The third-order valence-electron chi connectivity index (χ3n) is 3.55. The molecule has 0 aromatic carbocycles. The van der Waals surface area contributed by atoms with Crippen LogP contribution in [-0.2, 0) is 9.53 Å². The van der Waals surface area contributed by atoms with E-state index < -0.39 is 0 Å². The quantitative estimate of drug-likeness (QED) is 0.786. The lowest BCUT2D eigenvalue weighted by Gasteiger charge is -2.36. The molecule has 2 fully saturated rings. The monoisotopic (exact) mass is 343 g/mol. The van der Waals surface area contributed by atoms with E-state index >= 15 is 0 Å². The molecule has 0 unspecified atom stereocenters. The highest BCUT2D eigenvalue weighted by Crippen LogP contribution is 2.34. The first kappa shape index (κ1) is 15.4. The summed E-state index contributed by atoms with van der Waals surface area (Å²) in [6, 6.07) is 3.60. The highest BCUT2D eigenvalue weighted by molar-refractivity contribution is 8.21. The number of ketones is 1. The van der Waals surface area contributed by atoms with Crippen LogP contribution >= 0.6 is 34.9 Å². The number of thioether (sulfide) groups is 2. The Kier molecular flexibility index (Phi) is 5.26. The van der Waals surface area contributed by atoms with Crippen LogP contribution < -0.4 is 0 Å². The van der Waals surface area contributed by atoms with Gasteiger partial charge in [0.2, 0.25) is 5.91 Å². The molecule has 1 aromatic rings. The van der Waals surface area contributed by atoms with Gasteiger partial charge in [-0.1, -0.05) is 6.07 Å². The van der Waals surface area contributed by atoms with Crippen molar-refractivity contribution in [3.8, 4) is 0 Å². The van der Waals surface area contributed by atoms with Gasteiger partial charge >= 0.3 is 0 Å². The maximum atomic E-state index is 12.6. The van der Waals surface area contributed by atoms with Gasteiger partial charge in [-0.05, 0) is 11.4 Å². The van der Waals surface area contributed by atoms with E-state index in [4.69, 9.17) is 4.74 Å². The van der Waals surface area contributed by atoms with Gasteiger partial charge < -0.3 is 9.64 Å². The third-order valence-corrected chi connectivity index (χ3v) is 7.43. The molecule has 21 heavy (non-hydrogen) atoms. The van der Waals surface area contributed by atoms with Crippen LogP contribution in [0.4, 0.5) is 0 Å². The van der Waals surface area contributed by atoms with Crippen molar-refractivity contribution in [1.82, 2.24) is 4.90 Å². The molecule has 0 aliphatic carbocycles. The summed E-state index contributed by atoms with van der Waals surface area (Å²) >= 11 is 4.87. The largest absolute Gasteiger partial charge is 0.377 e. The molecule has 0 radical (unpaired) electrons. The fourth-order valence-corrected chi connectivity index (χ4v) is 5.89. The molecule has 0 saturated carbocycles. The number of hydrogen-bond acceptors (Lipinski definition) is 6. The molecule has 2 saturated heterocycles. The molecule has 0 N–H and O–H groups in total. The van der Waals surface area contributed by atoms with Crippen LogP contribution in [0.5, 0.6) is 0 Å². The minimum atomic E-state index is -0.123. The second-order valence-electron chi connectivity index (χ2n) is 4.94. The summed E-state index contributed by atoms with van der Waals surface area (Å²) < 4.78 is 5.49. The van der Waals surface area contributed by atoms with E-state index in [1.54, 1.807) is 23.5 Å². The van der Waals surface area contributed by atoms with Gasteiger partial charge in [-0.2, -0.15) is 0 Å². The molecule has 0 spiro atoms. The summed E-state index contributed by atoms with van der Waals surface area (Å²) in [5, 5.41) is 1.90. The van der Waals surface area contributed by atoms with Crippen LogP contribution in [0.3, 0.4) is 0 Å². The summed E-state index contributed by atoms with van der Waals surface area (Å²) in [5.74, 6) is 2.33. The van der Waals surface area contributed by atoms with Gasteiger partial charge in [-0.3, -0.25) is 9.59 Å². The Morgan fingerprint density at radius 1 is 1.33 bits per heavy atom. The lowest BCUT2D eigenvalue weighted by molar-refractivity contribution is -0.137. The minimum absolute atomic E-state index is 0.00226. The van der Waals surface area contributed by atoms with E-state index in [2.05, 4.69) is 0 Å². The lowest BCUT2D eigenvalue weighted by atomic mass is 10.1. The highest BCUT2D eigenvalue weighted by Gasteiger charge is 2.35. The van der Waals surface area contributed by atoms with Crippen molar-refractivity contribution in [3.05, 3.63) is 22.4 Å². The normalized spacial score (nSPS) is 23.4. The first-order chi connectivity index (χ1) is 10.3. The van der Waals surface area contributed by atoms with E-state index in [1.807, 2.05) is 22.4 Å². The fraction of sp³-hybridized carbons (Fsp3) is 0.571. The van der Waals surface area contributed by atoms with Crippen LogP contribution in [0.2, 0.25) is 0 Å². The number of nitrogens with zero attached hydrogens (tertiary/aromatic N) is 1. The zero-order valence-corrected chi connectivity index (χ0v) is 14.0. The van der Waals surface area contributed by atoms with Crippen molar-refractivity contribution in [2.24, 2.45) is 0 Å². The number of hydrogen-bond donors (Lipinski definition) is 0. The smallest absolute Gasteiger partial charge is 0.246 e. The minimum Gasteiger partial charge on any atom is -0.377 e. The van der Waals surface area contributed by atoms with Gasteiger partial charge in [0, 0.05) is 24.5 Å². The maximum Gasteiger partial charge on any atom is 0.246 e. The fourth-order valence-electron chi connectivity index (χ4n) is 2.50. The molecule has 1 atom stereocenters. The predicted octanol–water partition coefficient (Wildman–Crippen LogP) is 2.35. The second-order valence-corrected chi connectivity index (χ2v) is 8.61. The number of rotatable bonds is 4. The molecule has 4 nitrogen and oxygen atoms in total. The molecule has 3 heterocycles. The SMILES string of the molecule is O=C(C[C@H]1COCCN1C(=O)C1SCCS1)c1cccs1. The average Bonchev–Trinajstić information content (AvgIpc) is 3.20. The Bertz CT molecular complexity index is 500. The molecule has 2 aliphatic heterocycles. The van der Waals surface area contributed by atoms with Gasteiger partial charge in [-0.25, -0.2) is 0 Å². The summed E-state index contributed by atoms with van der Waals surface area (Å²) in [6.45, 7) is 1.63. The molecule has 1 amide bonds. The summed E-state index contributed by atoms with van der Waals surface area (Å²) in [4.78, 5) is 27.5. The van der Waals surface area contributed by atoms with Gasteiger partial charge in [0.25, 0.3) is 0 Å². The van der Waals surface area contributed by atoms with Crippen molar-refractivity contribution >= 4 is 46.6 Å². The van der Waals surface area contributed by atoms with Crippen LogP contribution in [0.15, 0.2) is 17.5 Å². The van der Waals surface area contributed by atoms with Crippen molar-refractivity contribution in [3.63, 3.8) is 0 Å². The molecule has 3 rings (SSSR count). The zero-order chi connectivity index (χ0) is 14.7. The Morgan fingerprint density at radius 2 is 2.14 bits per heavy atom. The number of morpholine rings is 1. The Morgan fingerprint density at radius 3 is 2.86 bits per heavy atom. The number of carbonyl (C=O) groups excluding carboxylic acids is 2. The van der Waals surface area contributed by atoms with Gasteiger partial charge in [-0.15, -0.1) is 34.9 Å². The average molecular weight is 343 g/mol. The predicted molar refractivity (Wildman–Crippen MR) is 88.3 cm³/mol. The van der Waals surface area contributed by atoms with Gasteiger partial charge in [0.15, 0.2) is 5.78 Å². The zero-order valence-electron chi connectivity index (χ0n) is 11.5. The van der Waals surface area contributed by atoms with Crippen molar-refractivity contribution in [2.45, 2.75) is 17.0 Å². The topological polar surface area (TPSA) is 46.6 Å². The number of amides is 1. The van der Waals surface area contributed by atoms with E-state index in [1.165, 1.54) is 11.3 Å².